The highest BCUT2D eigenvalue weighted by Gasteiger charge is 2.18. The van der Waals surface area contributed by atoms with Gasteiger partial charge in [-0.3, -0.25) is 0 Å². The smallest absolute Gasteiger partial charge is 0.407 e. The second kappa shape index (κ2) is 6.24. The maximum atomic E-state index is 11.4. The van der Waals surface area contributed by atoms with Crippen LogP contribution in [0.25, 0.3) is 0 Å². The van der Waals surface area contributed by atoms with E-state index in [0.717, 1.165) is 25.6 Å². The summed E-state index contributed by atoms with van der Waals surface area (Å²) < 4.78 is 5.18. The molecule has 1 amide bonds. The van der Waals surface area contributed by atoms with Crippen LogP contribution in [0, 0.1) is 5.92 Å². The largest absolute Gasteiger partial charge is 0.444 e. The van der Waals surface area contributed by atoms with E-state index in [4.69, 9.17) is 4.74 Å². The topological polar surface area (TPSA) is 41.6 Å². The number of carbonyl (C=O) groups is 1. The molecule has 1 unspecified atom stereocenters. The van der Waals surface area contributed by atoms with Crippen LogP contribution in [0.15, 0.2) is 0 Å². The standard InChI is InChI=1S/C13H26N2O2/c1-11-6-5-8-15(10-11)9-7-14-12(16)17-13(2,3)4/h11H,5-10H2,1-4H3,(H,14,16). The van der Waals surface area contributed by atoms with E-state index in [1.54, 1.807) is 0 Å². The molecule has 100 valence electrons. The lowest BCUT2D eigenvalue weighted by Crippen LogP contribution is -2.41. The van der Waals surface area contributed by atoms with Crippen molar-refractivity contribution in [3.8, 4) is 0 Å². The number of amides is 1. The Morgan fingerprint density at radius 1 is 1.47 bits per heavy atom. The molecule has 0 saturated carbocycles. The Morgan fingerprint density at radius 3 is 2.76 bits per heavy atom. The number of nitrogens with zero attached hydrogens (tertiary/aromatic N) is 1. The fourth-order valence-electron chi connectivity index (χ4n) is 2.12. The summed E-state index contributed by atoms with van der Waals surface area (Å²) in [5.74, 6) is 0.783. The molecule has 0 spiro atoms. The van der Waals surface area contributed by atoms with Gasteiger partial charge in [0.1, 0.15) is 5.60 Å². The first-order valence-corrected chi connectivity index (χ1v) is 6.56. The molecule has 0 aromatic carbocycles. The molecule has 0 radical (unpaired) electrons. The molecule has 1 fully saturated rings. The summed E-state index contributed by atoms with van der Waals surface area (Å²) in [6, 6.07) is 0. The SMILES string of the molecule is CC1CCCN(CCNC(=O)OC(C)(C)C)C1. The average Bonchev–Trinajstić information content (AvgIpc) is 2.14. The van der Waals surface area contributed by atoms with Crippen molar-refractivity contribution in [2.24, 2.45) is 5.92 Å². The van der Waals surface area contributed by atoms with Crippen LogP contribution in [0.3, 0.4) is 0 Å². The molecule has 1 rings (SSSR count). The number of ether oxygens (including phenoxy) is 1. The van der Waals surface area contributed by atoms with Gasteiger partial charge in [0.15, 0.2) is 0 Å². The molecule has 1 atom stereocenters. The molecule has 1 heterocycles. The van der Waals surface area contributed by atoms with Crippen LogP contribution in [0.2, 0.25) is 0 Å². The van der Waals surface area contributed by atoms with E-state index in [-0.39, 0.29) is 6.09 Å². The number of alkyl carbamates (subject to hydrolysis) is 1. The van der Waals surface area contributed by atoms with Crippen molar-refractivity contribution < 1.29 is 9.53 Å². The van der Waals surface area contributed by atoms with E-state index in [9.17, 15) is 4.79 Å². The fourth-order valence-corrected chi connectivity index (χ4v) is 2.12. The van der Waals surface area contributed by atoms with E-state index in [2.05, 4.69) is 17.1 Å². The molecule has 1 N–H and O–H groups in total. The Bertz CT molecular complexity index is 248. The number of piperidine rings is 1. The summed E-state index contributed by atoms with van der Waals surface area (Å²) in [5, 5.41) is 2.80. The molecule has 4 nitrogen and oxygen atoms in total. The van der Waals surface area contributed by atoms with E-state index < -0.39 is 5.60 Å². The normalized spacial score (nSPS) is 22.2. The van der Waals surface area contributed by atoms with Crippen LogP contribution < -0.4 is 5.32 Å². The molecule has 1 saturated heterocycles. The lowest BCUT2D eigenvalue weighted by atomic mass is 10.0. The molecule has 0 aromatic heterocycles. The second-order valence-electron chi connectivity index (χ2n) is 5.98. The van der Waals surface area contributed by atoms with Crippen molar-refractivity contribution in [3.63, 3.8) is 0 Å². The lowest BCUT2D eigenvalue weighted by Gasteiger charge is -2.30. The van der Waals surface area contributed by atoms with Crippen molar-refractivity contribution in [2.45, 2.75) is 46.1 Å². The van der Waals surface area contributed by atoms with Gasteiger partial charge in [0.25, 0.3) is 0 Å². The highest BCUT2D eigenvalue weighted by molar-refractivity contribution is 5.67. The van der Waals surface area contributed by atoms with Crippen LogP contribution in [-0.4, -0.2) is 42.8 Å². The van der Waals surface area contributed by atoms with Gasteiger partial charge in [-0.1, -0.05) is 6.92 Å². The minimum Gasteiger partial charge on any atom is -0.444 e. The Balaban J connectivity index is 2.13. The average molecular weight is 242 g/mol. The van der Waals surface area contributed by atoms with Crippen molar-refractivity contribution in [1.29, 1.82) is 0 Å². The molecular formula is C13H26N2O2. The summed E-state index contributed by atoms with van der Waals surface area (Å²) in [6.07, 6.45) is 2.28. The molecule has 1 aliphatic rings. The van der Waals surface area contributed by atoms with Gasteiger partial charge in [-0.15, -0.1) is 0 Å². The van der Waals surface area contributed by atoms with Crippen molar-refractivity contribution >= 4 is 6.09 Å². The molecule has 0 bridgehead atoms. The molecular weight excluding hydrogens is 216 g/mol. The predicted molar refractivity (Wildman–Crippen MR) is 69.1 cm³/mol. The van der Waals surface area contributed by atoms with Crippen molar-refractivity contribution in [1.82, 2.24) is 10.2 Å². The Hall–Kier alpha value is -0.770. The third kappa shape index (κ3) is 6.51. The number of hydrogen-bond donors (Lipinski definition) is 1. The van der Waals surface area contributed by atoms with E-state index in [1.807, 2.05) is 20.8 Å². The summed E-state index contributed by atoms with van der Waals surface area (Å²) >= 11 is 0. The summed E-state index contributed by atoms with van der Waals surface area (Å²) in [4.78, 5) is 13.8. The van der Waals surface area contributed by atoms with Gasteiger partial charge in [0, 0.05) is 19.6 Å². The number of nitrogens with one attached hydrogen (secondary N) is 1. The first-order valence-electron chi connectivity index (χ1n) is 6.56. The Morgan fingerprint density at radius 2 is 2.18 bits per heavy atom. The number of carbonyl (C=O) groups excluding carboxylic acids is 1. The monoisotopic (exact) mass is 242 g/mol. The number of likely N-dealkylation sites (tertiary alicyclic amines) is 1. The highest BCUT2D eigenvalue weighted by atomic mass is 16.6. The Labute approximate surface area is 105 Å². The second-order valence-corrected chi connectivity index (χ2v) is 5.98. The van der Waals surface area contributed by atoms with Gasteiger partial charge in [-0.25, -0.2) is 4.79 Å². The van der Waals surface area contributed by atoms with Crippen LogP contribution in [0.1, 0.15) is 40.5 Å². The predicted octanol–water partition coefficient (Wildman–Crippen LogP) is 2.24. The number of rotatable bonds is 3. The van der Waals surface area contributed by atoms with E-state index >= 15 is 0 Å². The maximum Gasteiger partial charge on any atom is 0.407 e. The Kier molecular flexibility index (Phi) is 5.25. The third-order valence-electron chi connectivity index (χ3n) is 2.84. The highest BCUT2D eigenvalue weighted by Crippen LogP contribution is 2.14. The third-order valence-corrected chi connectivity index (χ3v) is 2.84. The zero-order valence-corrected chi connectivity index (χ0v) is 11.6. The quantitative estimate of drug-likeness (QED) is 0.825. The zero-order valence-electron chi connectivity index (χ0n) is 11.6. The number of hydrogen-bond acceptors (Lipinski definition) is 3. The lowest BCUT2D eigenvalue weighted by molar-refractivity contribution is 0.0519. The zero-order chi connectivity index (χ0) is 12.9. The van der Waals surface area contributed by atoms with E-state index in [0.29, 0.717) is 6.54 Å². The molecule has 0 aromatic rings. The minimum atomic E-state index is -0.413. The first kappa shape index (κ1) is 14.3. The van der Waals surface area contributed by atoms with Gasteiger partial charge in [0.05, 0.1) is 0 Å². The minimum absolute atomic E-state index is 0.317. The van der Waals surface area contributed by atoms with Gasteiger partial charge in [-0.05, 0) is 46.1 Å². The molecule has 4 heteroatoms. The van der Waals surface area contributed by atoms with Crippen LogP contribution >= 0.6 is 0 Å². The summed E-state index contributed by atoms with van der Waals surface area (Å²) in [7, 11) is 0. The van der Waals surface area contributed by atoms with Crippen LogP contribution in [-0.2, 0) is 4.74 Å². The van der Waals surface area contributed by atoms with Crippen molar-refractivity contribution in [3.05, 3.63) is 0 Å². The van der Waals surface area contributed by atoms with Crippen LogP contribution in [0.5, 0.6) is 0 Å². The first-order chi connectivity index (χ1) is 7.87. The van der Waals surface area contributed by atoms with Gasteiger partial charge >= 0.3 is 6.09 Å². The van der Waals surface area contributed by atoms with Gasteiger partial charge in [-0.2, -0.15) is 0 Å². The fraction of sp³-hybridized carbons (Fsp3) is 0.923. The molecule has 1 aliphatic heterocycles. The van der Waals surface area contributed by atoms with Gasteiger partial charge in [0.2, 0.25) is 0 Å². The van der Waals surface area contributed by atoms with Crippen LogP contribution in [0.4, 0.5) is 4.79 Å². The van der Waals surface area contributed by atoms with E-state index in [1.165, 1.54) is 12.8 Å². The van der Waals surface area contributed by atoms with Gasteiger partial charge < -0.3 is 15.0 Å². The maximum absolute atomic E-state index is 11.4. The summed E-state index contributed by atoms with van der Waals surface area (Å²) in [5.41, 5.74) is -0.413. The molecule has 17 heavy (non-hydrogen) atoms. The summed E-state index contributed by atoms with van der Waals surface area (Å²) in [6.45, 7) is 11.8. The molecule has 0 aliphatic carbocycles. The van der Waals surface area contributed by atoms with Crippen molar-refractivity contribution in [2.75, 3.05) is 26.2 Å².